The minimum atomic E-state index is 0.348. The highest BCUT2D eigenvalue weighted by molar-refractivity contribution is 5.88. The zero-order valence-electron chi connectivity index (χ0n) is 7.49. The maximum Gasteiger partial charge on any atom is 0.119 e. The van der Waals surface area contributed by atoms with Gasteiger partial charge in [-0.1, -0.05) is 37.3 Å². The van der Waals surface area contributed by atoms with Crippen molar-refractivity contribution in [1.29, 1.82) is 0 Å². The van der Waals surface area contributed by atoms with Gasteiger partial charge in [0.05, 0.1) is 0 Å². The van der Waals surface area contributed by atoms with Gasteiger partial charge >= 0.3 is 0 Å². The number of phenolic OH excluding ortho intramolecular Hbond substituents is 1. The third-order valence-corrected chi connectivity index (χ3v) is 2.24. The van der Waals surface area contributed by atoms with Gasteiger partial charge in [-0.15, -0.1) is 0 Å². The summed E-state index contributed by atoms with van der Waals surface area (Å²) in [6.45, 7) is 1.93. The van der Waals surface area contributed by atoms with Gasteiger partial charge in [0, 0.05) is 5.56 Å². The van der Waals surface area contributed by atoms with Crippen molar-refractivity contribution in [2.45, 2.75) is 6.92 Å². The Hall–Kier alpha value is -1.50. The molecule has 0 aromatic heterocycles. The number of phenols is 1. The van der Waals surface area contributed by atoms with Crippen LogP contribution < -0.4 is 0 Å². The van der Waals surface area contributed by atoms with Gasteiger partial charge in [0.15, 0.2) is 0 Å². The van der Waals surface area contributed by atoms with Crippen LogP contribution in [0.15, 0.2) is 36.4 Å². The first-order valence-corrected chi connectivity index (χ1v) is 4.33. The van der Waals surface area contributed by atoms with Gasteiger partial charge in [-0.2, -0.15) is 0 Å². The van der Waals surface area contributed by atoms with Crippen LogP contribution in [-0.2, 0) is 0 Å². The van der Waals surface area contributed by atoms with E-state index in [1.54, 1.807) is 6.07 Å². The maximum absolute atomic E-state index is 9.58. The van der Waals surface area contributed by atoms with E-state index in [-0.39, 0.29) is 0 Å². The highest BCUT2D eigenvalue weighted by Gasteiger charge is 2.03. The molecule has 0 bridgehead atoms. The van der Waals surface area contributed by atoms with Crippen LogP contribution in [0.2, 0.25) is 0 Å². The summed E-state index contributed by atoms with van der Waals surface area (Å²) in [6.07, 6.45) is 1.93. The van der Waals surface area contributed by atoms with Crippen LogP contribution >= 0.6 is 0 Å². The first kappa shape index (κ1) is 8.11. The van der Waals surface area contributed by atoms with Crippen molar-refractivity contribution in [3.8, 4) is 5.75 Å². The van der Waals surface area contributed by atoms with Gasteiger partial charge in [0.2, 0.25) is 0 Å². The molecule has 0 spiro atoms. The molecular formula is C12H11O. The second kappa shape index (κ2) is 3.09. The minimum Gasteiger partial charge on any atom is -0.508 e. The summed E-state index contributed by atoms with van der Waals surface area (Å²) >= 11 is 0. The molecule has 1 radical (unpaired) electrons. The molecule has 2 aromatic rings. The summed E-state index contributed by atoms with van der Waals surface area (Å²) in [5, 5.41) is 11.8. The molecule has 65 valence electrons. The summed E-state index contributed by atoms with van der Waals surface area (Å²) in [7, 11) is 0. The van der Waals surface area contributed by atoms with Crippen molar-refractivity contribution >= 4 is 10.8 Å². The molecule has 0 amide bonds. The average Bonchev–Trinajstić information content (AvgIpc) is 2.18. The monoisotopic (exact) mass is 171 g/mol. The maximum atomic E-state index is 9.58. The summed E-state index contributed by atoms with van der Waals surface area (Å²) in [6, 6.07) is 11.7. The van der Waals surface area contributed by atoms with E-state index in [1.807, 2.05) is 43.7 Å². The number of benzene rings is 2. The topological polar surface area (TPSA) is 20.2 Å². The molecule has 1 nitrogen and oxygen atoms in total. The Labute approximate surface area is 77.6 Å². The van der Waals surface area contributed by atoms with E-state index < -0.39 is 0 Å². The van der Waals surface area contributed by atoms with Crippen LogP contribution in [-0.4, -0.2) is 5.11 Å². The highest BCUT2D eigenvalue weighted by Crippen LogP contribution is 2.27. The predicted molar refractivity (Wildman–Crippen MR) is 54.7 cm³/mol. The van der Waals surface area contributed by atoms with Gasteiger partial charge in [0.25, 0.3) is 0 Å². The summed E-state index contributed by atoms with van der Waals surface area (Å²) in [5.74, 6) is 0.348. The van der Waals surface area contributed by atoms with Crippen LogP contribution in [0.25, 0.3) is 10.8 Å². The summed E-state index contributed by atoms with van der Waals surface area (Å²) in [5.41, 5.74) is 0.915. The normalized spacial score (nSPS) is 10.5. The van der Waals surface area contributed by atoms with Crippen molar-refractivity contribution in [3.05, 3.63) is 48.4 Å². The first-order chi connectivity index (χ1) is 6.33. The second-order valence-corrected chi connectivity index (χ2v) is 3.01. The molecule has 0 aliphatic rings. The van der Waals surface area contributed by atoms with E-state index in [4.69, 9.17) is 0 Å². The molecule has 1 N–H and O–H groups in total. The van der Waals surface area contributed by atoms with Crippen LogP contribution in [0, 0.1) is 6.42 Å². The number of hydrogen-bond donors (Lipinski definition) is 1. The van der Waals surface area contributed by atoms with E-state index in [0.29, 0.717) is 5.75 Å². The van der Waals surface area contributed by atoms with Crippen molar-refractivity contribution in [2.75, 3.05) is 0 Å². The van der Waals surface area contributed by atoms with Gasteiger partial charge in [-0.3, -0.25) is 0 Å². The van der Waals surface area contributed by atoms with E-state index >= 15 is 0 Å². The molecule has 0 fully saturated rings. The third-order valence-electron chi connectivity index (χ3n) is 2.24. The molecule has 0 saturated carbocycles. The largest absolute Gasteiger partial charge is 0.508 e. The van der Waals surface area contributed by atoms with Crippen LogP contribution in [0.1, 0.15) is 12.5 Å². The van der Waals surface area contributed by atoms with Crippen LogP contribution in [0.3, 0.4) is 0 Å². The Morgan fingerprint density at radius 2 is 1.85 bits per heavy atom. The van der Waals surface area contributed by atoms with Crippen molar-refractivity contribution in [3.63, 3.8) is 0 Å². The Morgan fingerprint density at radius 3 is 2.62 bits per heavy atom. The lowest BCUT2D eigenvalue weighted by atomic mass is 10.0. The predicted octanol–water partition coefficient (Wildman–Crippen LogP) is 3.12. The van der Waals surface area contributed by atoms with E-state index in [9.17, 15) is 5.11 Å². The number of hydrogen-bond acceptors (Lipinski definition) is 1. The summed E-state index contributed by atoms with van der Waals surface area (Å²) < 4.78 is 0. The molecule has 2 aromatic carbocycles. The fourth-order valence-corrected chi connectivity index (χ4v) is 1.59. The Bertz CT molecular complexity index is 432. The number of fused-ring (bicyclic) bond motifs is 1. The molecule has 0 heterocycles. The van der Waals surface area contributed by atoms with E-state index in [2.05, 4.69) is 0 Å². The molecule has 0 unspecified atom stereocenters. The molecule has 0 atom stereocenters. The molecule has 0 saturated heterocycles. The Morgan fingerprint density at radius 1 is 1.08 bits per heavy atom. The molecule has 2 rings (SSSR count). The standard InChI is InChI=1S/C12H11O/c1-2-10-11-6-4-3-5-9(11)7-8-12(10)13/h2-8,13H,1H3. The Balaban J connectivity index is 2.84. The quantitative estimate of drug-likeness (QED) is 0.699. The zero-order valence-corrected chi connectivity index (χ0v) is 7.49. The SMILES string of the molecule is C[CH]c1c(O)ccc2ccccc12. The molecular weight excluding hydrogens is 160 g/mol. The smallest absolute Gasteiger partial charge is 0.119 e. The molecule has 0 aliphatic heterocycles. The van der Waals surface area contributed by atoms with E-state index in [0.717, 1.165) is 16.3 Å². The Kier molecular flexibility index (Phi) is 1.93. The van der Waals surface area contributed by atoms with Gasteiger partial charge in [0.1, 0.15) is 5.75 Å². The zero-order chi connectivity index (χ0) is 9.26. The molecule has 0 aliphatic carbocycles. The van der Waals surface area contributed by atoms with Crippen molar-refractivity contribution < 1.29 is 5.11 Å². The minimum absolute atomic E-state index is 0.348. The van der Waals surface area contributed by atoms with Crippen LogP contribution in [0.5, 0.6) is 5.75 Å². The van der Waals surface area contributed by atoms with Crippen molar-refractivity contribution in [1.82, 2.24) is 0 Å². The summed E-state index contributed by atoms with van der Waals surface area (Å²) in [4.78, 5) is 0. The molecule has 1 heteroatoms. The van der Waals surface area contributed by atoms with Gasteiger partial charge < -0.3 is 5.11 Å². The molecule has 13 heavy (non-hydrogen) atoms. The van der Waals surface area contributed by atoms with E-state index in [1.165, 1.54) is 0 Å². The van der Waals surface area contributed by atoms with Crippen molar-refractivity contribution in [2.24, 2.45) is 0 Å². The lowest BCUT2D eigenvalue weighted by Crippen LogP contribution is -1.82. The van der Waals surface area contributed by atoms with Gasteiger partial charge in [-0.25, -0.2) is 0 Å². The second-order valence-electron chi connectivity index (χ2n) is 3.01. The lowest BCUT2D eigenvalue weighted by molar-refractivity contribution is 0.473. The van der Waals surface area contributed by atoms with Crippen LogP contribution in [0.4, 0.5) is 0 Å². The first-order valence-electron chi connectivity index (χ1n) is 4.33. The number of aromatic hydroxyl groups is 1. The number of rotatable bonds is 1. The average molecular weight is 171 g/mol. The fourth-order valence-electron chi connectivity index (χ4n) is 1.59. The fraction of sp³-hybridized carbons (Fsp3) is 0.0833. The third kappa shape index (κ3) is 1.26. The lowest BCUT2D eigenvalue weighted by Gasteiger charge is -2.05. The highest BCUT2D eigenvalue weighted by atomic mass is 16.3. The van der Waals surface area contributed by atoms with Gasteiger partial charge in [-0.05, 0) is 23.3 Å².